The van der Waals surface area contributed by atoms with Crippen molar-refractivity contribution in [1.29, 1.82) is 0 Å². The lowest BCUT2D eigenvalue weighted by Gasteiger charge is -2.26. The van der Waals surface area contributed by atoms with Gasteiger partial charge in [0.05, 0.1) is 18.2 Å². The minimum absolute atomic E-state index is 0.000643. The highest BCUT2D eigenvalue weighted by atomic mass is 35.5. The number of rotatable bonds is 5. The fourth-order valence-electron chi connectivity index (χ4n) is 2.11. The summed E-state index contributed by atoms with van der Waals surface area (Å²) in [6.45, 7) is 4.46. The van der Waals surface area contributed by atoms with Crippen molar-refractivity contribution in [2.24, 2.45) is 0 Å². The normalized spacial score (nSPS) is 16.6. The molecular formula is C15H21ClN2O3. The zero-order valence-electron chi connectivity index (χ0n) is 12.4. The Labute approximate surface area is 130 Å². The van der Waals surface area contributed by atoms with Gasteiger partial charge in [0.15, 0.2) is 6.61 Å². The summed E-state index contributed by atoms with van der Waals surface area (Å²) in [6, 6.07) is 5.82. The van der Waals surface area contributed by atoms with Crippen molar-refractivity contribution in [2.75, 3.05) is 40.0 Å². The molecule has 0 bridgehead atoms. The molecule has 1 amide bonds. The van der Waals surface area contributed by atoms with Gasteiger partial charge in [-0.3, -0.25) is 4.79 Å². The van der Waals surface area contributed by atoms with Crippen LogP contribution in [-0.4, -0.2) is 50.8 Å². The van der Waals surface area contributed by atoms with Crippen molar-refractivity contribution in [2.45, 2.75) is 13.0 Å². The first-order chi connectivity index (χ1) is 10.1. The van der Waals surface area contributed by atoms with E-state index < -0.39 is 0 Å². The number of halogens is 1. The molecule has 0 saturated carbocycles. The van der Waals surface area contributed by atoms with Gasteiger partial charge < -0.3 is 19.7 Å². The van der Waals surface area contributed by atoms with Crippen molar-refractivity contribution in [1.82, 2.24) is 10.2 Å². The molecule has 116 valence electrons. The smallest absolute Gasteiger partial charge is 0.260 e. The number of nitrogens with zero attached hydrogens (tertiary/aromatic N) is 1. The van der Waals surface area contributed by atoms with Gasteiger partial charge in [-0.1, -0.05) is 17.7 Å². The Morgan fingerprint density at radius 1 is 1.48 bits per heavy atom. The maximum atomic E-state index is 12.0. The second kappa shape index (κ2) is 7.64. The van der Waals surface area contributed by atoms with Crippen molar-refractivity contribution in [3.63, 3.8) is 0 Å². The largest absolute Gasteiger partial charge is 0.482 e. The summed E-state index contributed by atoms with van der Waals surface area (Å²) >= 11 is 6.20. The predicted octanol–water partition coefficient (Wildman–Crippen LogP) is 1.86. The van der Waals surface area contributed by atoms with Crippen LogP contribution < -0.4 is 10.1 Å². The van der Waals surface area contributed by atoms with Crippen molar-refractivity contribution < 1.29 is 14.3 Å². The molecule has 1 unspecified atom stereocenters. The Bertz CT molecular complexity index is 490. The number of carbonyl (C=O) groups excluding carboxylic acids is 1. The van der Waals surface area contributed by atoms with E-state index in [4.69, 9.17) is 21.1 Å². The summed E-state index contributed by atoms with van der Waals surface area (Å²) in [4.78, 5) is 13.7. The monoisotopic (exact) mass is 312 g/mol. The van der Waals surface area contributed by atoms with Crippen LogP contribution in [0.1, 0.15) is 18.5 Å². The summed E-state index contributed by atoms with van der Waals surface area (Å²) in [5.41, 5.74) is 1.08. The number of nitrogens with one attached hydrogen (secondary N) is 1. The standard InChI is InChI=1S/C15H21ClN2O3/c1-11(17-2)12-3-4-14(13(16)9-12)21-10-15(19)18-5-7-20-8-6-18/h3-4,9,11,17H,5-8,10H2,1-2H3. The summed E-state index contributed by atoms with van der Waals surface area (Å²) in [7, 11) is 1.89. The van der Waals surface area contributed by atoms with Gasteiger partial charge in [-0.2, -0.15) is 0 Å². The maximum absolute atomic E-state index is 12.0. The molecule has 1 aromatic rings. The Balaban J connectivity index is 1.92. The molecule has 0 aromatic heterocycles. The maximum Gasteiger partial charge on any atom is 0.260 e. The van der Waals surface area contributed by atoms with Crippen molar-refractivity contribution >= 4 is 17.5 Å². The first-order valence-corrected chi connectivity index (χ1v) is 7.44. The molecule has 5 nitrogen and oxygen atoms in total. The molecule has 1 aliphatic rings. The highest BCUT2D eigenvalue weighted by molar-refractivity contribution is 6.32. The van der Waals surface area contributed by atoms with Gasteiger partial charge in [0.25, 0.3) is 5.91 Å². The van der Waals surface area contributed by atoms with Crippen LogP contribution in [0.4, 0.5) is 0 Å². The molecular weight excluding hydrogens is 292 g/mol. The van der Waals surface area contributed by atoms with E-state index in [0.29, 0.717) is 37.1 Å². The van der Waals surface area contributed by atoms with Crippen LogP contribution in [0.25, 0.3) is 0 Å². The van der Waals surface area contributed by atoms with Gasteiger partial charge in [-0.05, 0) is 31.7 Å². The third-order valence-corrected chi connectivity index (χ3v) is 3.90. The van der Waals surface area contributed by atoms with Crippen molar-refractivity contribution in [3.05, 3.63) is 28.8 Å². The van der Waals surface area contributed by atoms with Crippen LogP contribution in [0.2, 0.25) is 5.02 Å². The Morgan fingerprint density at radius 2 is 2.19 bits per heavy atom. The minimum Gasteiger partial charge on any atom is -0.482 e. The van der Waals surface area contributed by atoms with E-state index in [0.717, 1.165) is 5.56 Å². The number of amides is 1. The highest BCUT2D eigenvalue weighted by Crippen LogP contribution is 2.27. The highest BCUT2D eigenvalue weighted by Gasteiger charge is 2.17. The molecule has 1 atom stereocenters. The summed E-state index contributed by atoms with van der Waals surface area (Å²) in [5, 5.41) is 3.67. The first-order valence-electron chi connectivity index (χ1n) is 7.07. The predicted molar refractivity (Wildman–Crippen MR) is 81.8 cm³/mol. The molecule has 1 N–H and O–H groups in total. The molecule has 2 rings (SSSR count). The number of ether oxygens (including phenoxy) is 2. The van der Waals surface area contributed by atoms with Gasteiger partial charge in [-0.15, -0.1) is 0 Å². The van der Waals surface area contributed by atoms with E-state index in [-0.39, 0.29) is 18.6 Å². The second-order valence-corrected chi connectivity index (χ2v) is 5.39. The first kappa shape index (κ1) is 16.1. The van der Waals surface area contributed by atoms with Crippen LogP contribution >= 0.6 is 11.6 Å². The molecule has 21 heavy (non-hydrogen) atoms. The molecule has 1 heterocycles. The lowest BCUT2D eigenvalue weighted by molar-refractivity contribution is -0.137. The van der Waals surface area contributed by atoms with E-state index in [2.05, 4.69) is 5.32 Å². The van der Waals surface area contributed by atoms with Crippen LogP contribution in [0, 0.1) is 0 Å². The molecule has 6 heteroatoms. The molecule has 0 aliphatic carbocycles. The van der Waals surface area contributed by atoms with Gasteiger partial charge in [0.2, 0.25) is 0 Å². The lowest BCUT2D eigenvalue weighted by Crippen LogP contribution is -2.43. The average molecular weight is 313 g/mol. The summed E-state index contributed by atoms with van der Waals surface area (Å²) < 4.78 is 10.8. The van der Waals surface area contributed by atoms with Gasteiger partial charge in [0.1, 0.15) is 5.75 Å². The molecule has 1 aliphatic heterocycles. The Morgan fingerprint density at radius 3 is 2.81 bits per heavy atom. The molecule has 0 radical (unpaired) electrons. The second-order valence-electron chi connectivity index (χ2n) is 4.98. The number of hydrogen-bond donors (Lipinski definition) is 1. The van der Waals surface area contributed by atoms with E-state index >= 15 is 0 Å². The molecule has 0 spiro atoms. The minimum atomic E-state index is -0.0398. The molecule has 1 saturated heterocycles. The van der Waals surface area contributed by atoms with Gasteiger partial charge >= 0.3 is 0 Å². The van der Waals surface area contributed by atoms with Gasteiger partial charge in [0, 0.05) is 19.1 Å². The number of benzene rings is 1. The number of morpholine rings is 1. The summed E-state index contributed by atoms with van der Waals surface area (Å²) in [6.07, 6.45) is 0. The van der Waals surface area contributed by atoms with Gasteiger partial charge in [-0.25, -0.2) is 0 Å². The SMILES string of the molecule is CNC(C)c1ccc(OCC(=O)N2CCOCC2)c(Cl)c1. The summed E-state index contributed by atoms with van der Waals surface area (Å²) in [5.74, 6) is 0.493. The van der Waals surface area contributed by atoms with Crippen molar-refractivity contribution in [3.8, 4) is 5.75 Å². The van der Waals surface area contributed by atoms with Crippen LogP contribution in [0.15, 0.2) is 18.2 Å². The third kappa shape index (κ3) is 4.33. The third-order valence-electron chi connectivity index (χ3n) is 3.60. The zero-order valence-corrected chi connectivity index (χ0v) is 13.2. The molecule has 1 aromatic carbocycles. The molecule has 1 fully saturated rings. The van der Waals surface area contributed by atoms with E-state index in [1.54, 1.807) is 11.0 Å². The fourth-order valence-corrected chi connectivity index (χ4v) is 2.36. The van der Waals surface area contributed by atoms with Crippen LogP contribution in [0.3, 0.4) is 0 Å². The van der Waals surface area contributed by atoms with Crippen LogP contribution in [-0.2, 0) is 9.53 Å². The van der Waals surface area contributed by atoms with E-state index in [1.165, 1.54) is 0 Å². The fraction of sp³-hybridized carbons (Fsp3) is 0.533. The lowest BCUT2D eigenvalue weighted by atomic mass is 10.1. The average Bonchev–Trinajstić information content (AvgIpc) is 2.53. The Kier molecular flexibility index (Phi) is 5.85. The van der Waals surface area contributed by atoms with E-state index in [1.807, 2.05) is 26.1 Å². The zero-order chi connectivity index (χ0) is 15.2. The number of hydrogen-bond acceptors (Lipinski definition) is 4. The topological polar surface area (TPSA) is 50.8 Å². The van der Waals surface area contributed by atoms with Crippen LogP contribution in [0.5, 0.6) is 5.75 Å². The quantitative estimate of drug-likeness (QED) is 0.901. The number of carbonyl (C=O) groups is 1. The van der Waals surface area contributed by atoms with E-state index in [9.17, 15) is 4.79 Å². The Hall–Kier alpha value is -1.30.